The minimum atomic E-state index is -0.664. The summed E-state index contributed by atoms with van der Waals surface area (Å²) in [6.45, 7) is 1.24. The van der Waals surface area contributed by atoms with Crippen molar-refractivity contribution in [1.82, 2.24) is 15.5 Å². The Hall–Kier alpha value is -3.46. The normalized spacial score (nSPS) is 15.4. The molecule has 144 valence electrons. The molecule has 3 amide bonds. The zero-order chi connectivity index (χ0) is 19.9. The lowest BCUT2D eigenvalue weighted by Crippen LogP contribution is -2.47. The monoisotopic (exact) mass is 377 g/mol. The lowest BCUT2D eigenvalue weighted by Gasteiger charge is -2.32. The van der Waals surface area contributed by atoms with Gasteiger partial charge in [-0.3, -0.25) is 4.79 Å². The summed E-state index contributed by atoms with van der Waals surface area (Å²) >= 11 is 0. The van der Waals surface area contributed by atoms with Crippen molar-refractivity contribution in [2.75, 3.05) is 20.2 Å². The number of nitrogens with one attached hydrogen (secondary N) is 2. The van der Waals surface area contributed by atoms with Crippen molar-refractivity contribution in [3.63, 3.8) is 0 Å². The average molecular weight is 377 g/mol. The van der Waals surface area contributed by atoms with Crippen molar-refractivity contribution in [3.05, 3.63) is 65.2 Å². The van der Waals surface area contributed by atoms with Gasteiger partial charge in [0.15, 0.2) is 0 Å². The third-order valence-electron chi connectivity index (χ3n) is 4.62. The van der Waals surface area contributed by atoms with Gasteiger partial charge in [0.25, 0.3) is 0 Å². The van der Waals surface area contributed by atoms with Crippen molar-refractivity contribution < 1.29 is 14.3 Å². The van der Waals surface area contributed by atoms with Crippen LogP contribution in [0.15, 0.2) is 48.5 Å². The Bertz CT molecular complexity index is 887. The van der Waals surface area contributed by atoms with Gasteiger partial charge in [0, 0.05) is 20.1 Å². The molecule has 6 heteroatoms. The fraction of sp³-hybridized carbons (Fsp3) is 0.273. The SMILES string of the molecule is C#CCOc1ccc(CCNC(=O)NC2C(=O)N(C)Cc3ccccc32)cc1. The number of hydrogen-bond donors (Lipinski definition) is 2. The molecular formula is C22H23N3O3. The fourth-order valence-corrected chi connectivity index (χ4v) is 3.17. The average Bonchev–Trinajstić information content (AvgIpc) is 2.71. The first-order valence-corrected chi connectivity index (χ1v) is 9.11. The molecule has 1 atom stereocenters. The maximum Gasteiger partial charge on any atom is 0.315 e. The van der Waals surface area contributed by atoms with E-state index < -0.39 is 6.04 Å². The van der Waals surface area contributed by atoms with E-state index in [2.05, 4.69) is 16.6 Å². The lowest BCUT2D eigenvalue weighted by atomic mass is 9.95. The van der Waals surface area contributed by atoms with Crippen LogP contribution in [0.3, 0.4) is 0 Å². The zero-order valence-electron chi connectivity index (χ0n) is 15.8. The number of carbonyl (C=O) groups is 2. The lowest BCUT2D eigenvalue weighted by molar-refractivity contribution is -0.133. The Morgan fingerprint density at radius 3 is 2.75 bits per heavy atom. The smallest absolute Gasteiger partial charge is 0.315 e. The molecule has 0 radical (unpaired) electrons. The van der Waals surface area contributed by atoms with Crippen LogP contribution in [0.25, 0.3) is 0 Å². The van der Waals surface area contributed by atoms with E-state index >= 15 is 0 Å². The summed E-state index contributed by atoms with van der Waals surface area (Å²) in [5.74, 6) is 3.02. The molecule has 1 aliphatic heterocycles. The number of hydrogen-bond acceptors (Lipinski definition) is 3. The van der Waals surface area contributed by atoms with Gasteiger partial charge < -0.3 is 20.3 Å². The molecule has 0 saturated heterocycles. The van der Waals surface area contributed by atoms with Crippen molar-refractivity contribution in [1.29, 1.82) is 0 Å². The first-order chi connectivity index (χ1) is 13.6. The second-order valence-electron chi connectivity index (χ2n) is 6.61. The van der Waals surface area contributed by atoms with Crippen LogP contribution in [0, 0.1) is 12.3 Å². The summed E-state index contributed by atoms with van der Waals surface area (Å²) in [5.41, 5.74) is 2.96. The van der Waals surface area contributed by atoms with E-state index in [4.69, 9.17) is 11.2 Å². The number of terminal acetylenes is 1. The van der Waals surface area contributed by atoms with Crippen LogP contribution >= 0.6 is 0 Å². The van der Waals surface area contributed by atoms with E-state index in [1.54, 1.807) is 11.9 Å². The third kappa shape index (κ3) is 4.63. The Morgan fingerprint density at radius 2 is 2.00 bits per heavy atom. The molecule has 0 aromatic heterocycles. The first kappa shape index (κ1) is 19.3. The van der Waals surface area contributed by atoms with Crippen LogP contribution in [-0.2, 0) is 17.8 Å². The van der Waals surface area contributed by atoms with Crippen LogP contribution in [0.4, 0.5) is 4.79 Å². The number of benzene rings is 2. The maximum absolute atomic E-state index is 12.5. The van der Waals surface area contributed by atoms with Gasteiger partial charge in [-0.1, -0.05) is 42.3 Å². The maximum atomic E-state index is 12.5. The number of rotatable bonds is 6. The van der Waals surface area contributed by atoms with E-state index in [0.29, 0.717) is 25.3 Å². The van der Waals surface area contributed by atoms with Crippen molar-refractivity contribution >= 4 is 11.9 Å². The van der Waals surface area contributed by atoms with Crippen LogP contribution in [-0.4, -0.2) is 37.0 Å². The number of nitrogens with zero attached hydrogens (tertiary/aromatic N) is 1. The Balaban J connectivity index is 1.52. The molecule has 0 saturated carbocycles. The highest BCUT2D eigenvalue weighted by atomic mass is 16.5. The minimum Gasteiger partial charge on any atom is -0.481 e. The van der Waals surface area contributed by atoms with Crippen LogP contribution < -0.4 is 15.4 Å². The molecule has 1 aliphatic rings. The topological polar surface area (TPSA) is 70.7 Å². The van der Waals surface area contributed by atoms with E-state index in [1.807, 2.05) is 48.5 Å². The predicted molar refractivity (Wildman–Crippen MR) is 107 cm³/mol. The van der Waals surface area contributed by atoms with Gasteiger partial charge in [-0.25, -0.2) is 4.79 Å². The molecule has 0 spiro atoms. The number of likely N-dealkylation sites (N-methyl/N-ethyl adjacent to an activating group) is 1. The summed E-state index contributed by atoms with van der Waals surface area (Å²) in [6, 6.07) is 14.2. The van der Waals surface area contributed by atoms with E-state index in [9.17, 15) is 9.59 Å². The molecule has 0 bridgehead atoms. The van der Waals surface area contributed by atoms with Gasteiger partial charge >= 0.3 is 6.03 Å². The number of amides is 3. The molecule has 1 heterocycles. The molecule has 28 heavy (non-hydrogen) atoms. The number of carbonyl (C=O) groups excluding carboxylic acids is 2. The largest absolute Gasteiger partial charge is 0.481 e. The van der Waals surface area contributed by atoms with Gasteiger partial charge in [-0.2, -0.15) is 0 Å². The molecule has 2 aromatic rings. The van der Waals surface area contributed by atoms with Crippen LogP contribution in [0.2, 0.25) is 0 Å². The van der Waals surface area contributed by atoms with Crippen molar-refractivity contribution in [3.8, 4) is 18.1 Å². The molecule has 2 N–H and O–H groups in total. The van der Waals surface area contributed by atoms with Gasteiger partial charge in [0.05, 0.1) is 0 Å². The number of fused-ring (bicyclic) bond motifs is 1. The highest BCUT2D eigenvalue weighted by Gasteiger charge is 2.31. The van der Waals surface area contributed by atoms with Crippen LogP contribution in [0.5, 0.6) is 5.75 Å². The van der Waals surface area contributed by atoms with Crippen LogP contribution in [0.1, 0.15) is 22.7 Å². The summed E-state index contributed by atoms with van der Waals surface area (Å²) < 4.78 is 5.33. The second-order valence-corrected chi connectivity index (χ2v) is 6.61. The molecular weight excluding hydrogens is 354 g/mol. The van der Waals surface area contributed by atoms with Gasteiger partial charge in [0.1, 0.15) is 18.4 Å². The number of ether oxygens (including phenoxy) is 1. The second kappa shape index (κ2) is 8.96. The Kier molecular flexibility index (Phi) is 6.18. The third-order valence-corrected chi connectivity index (χ3v) is 4.62. The molecule has 1 unspecified atom stereocenters. The molecule has 3 rings (SSSR count). The standard InChI is InChI=1S/C22H23N3O3/c1-3-14-28-18-10-8-16(9-11-18)12-13-23-22(27)24-20-19-7-5-4-6-17(19)15-25(2)21(20)26/h1,4-11,20H,12-15H2,2H3,(H2,23,24,27). The van der Waals surface area contributed by atoms with Gasteiger partial charge in [-0.15, -0.1) is 6.42 Å². The van der Waals surface area contributed by atoms with E-state index in [-0.39, 0.29) is 18.5 Å². The van der Waals surface area contributed by atoms with E-state index in [1.165, 1.54) is 0 Å². The first-order valence-electron chi connectivity index (χ1n) is 9.11. The number of urea groups is 1. The van der Waals surface area contributed by atoms with Crippen molar-refractivity contribution in [2.24, 2.45) is 0 Å². The molecule has 0 fully saturated rings. The Labute approximate surface area is 164 Å². The summed E-state index contributed by atoms with van der Waals surface area (Å²) in [6.07, 6.45) is 5.83. The highest BCUT2D eigenvalue weighted by molar-refractivity contribution is 5.89. The van der Waals surface area contributed by atoms with E-state index in [0.717, 1.165) is 16.7 Å². The molecule has 2 aromatic carbocycles. The molecule has 0 aliphatic carbocycles. The quantitative estimate of drug-likeness (QED) is 0.759. The Morgan fingerprint density at radius 1 is 1.25 bits per heavy atom. The summed E-state index contributed by atoms with van der Waals surface area (Å²) in [4.78, 5) is 26.4. The molecule has 6 nitrogen and oxygen atoms in total. The predicted octanol–water partition coefficient (Wildman–Crippen LogP) is 2.25. The highest BCUT2D eigenvalue weighted by Crippen LogP contribution is 2.26. The summed E-state index contributed by atoms with van der Waals surface area (Å²) in [7, 11) is 1.74. The zero-order valence-corrected chi connectivity index (χ0v) is 15.8. The van der Waals surface area contributed by atoms with Gasteiger partial charge in [0.2, 0.25) is 5.91 Å². The summed E-state index contributed by atoms with van der Waals surface area (Å²) in [5, 5.41) is 5.61. The minimum absolute atomic E-state index is 0.114. The van der Waals surface area contributed by atoms with Crippen molar-refractivity contribution in [2.45, 2.75) is 19.0 Å². The van der Waals surface area contributed by atoms with Gasteiger partial charge in [-0.05, 0) is 35.2 Å². The fourth-order valence-electron chi connectivity index (χ4n) is 3.17.